The van der Waals surface area contributed by atoms with Gasteiger partial charge in [0.1, 0.15) is 12.1 Å². The predicted octanol–water partition coefficient (Wildman–Crippen LogP) is 2.43. The molecule has 0 N–H and O–H groups in total. The van der Waals surface area contributed by atoms with Crippen LogP contribution < -0.4 is 0 Å². The Balaban J connectivity index is 3.56. The van der Waals surface area contributed by atoms with Crippen molar-refractivity contribution in [2.45, 2.75) is 33.1 Å². The summed E-state index contributed by atoms with van der Waals surface area (Å²) in [7, 11) is 0. The Labute approximate surface area is 90.0 Å². The SMILES string of the molecule is Cc1c(C#N)cnc(C(C)(C)C)c1C#N. The highest BCUT2D eigenvalue weighted by Gasteiger charge is 2.22. The fraction of sp³-hybridized carbons (Fsp3) is 0.417. The zero-order valence-electron chi connectivity index (χ0n) is 9.42. The van der Waals surface area contributed by atoms with Crippen molar-refractivity contribution in [1.82, 2.24) is 4.98 Å². The Kier molecular flexibility index (Phi) is 2.77. The van der Waals surface area contributed by atoms with Crippen molar-refractivity contribution in [1.29, 1.82) is 10.5 Å². The Morgan fingerprint density at radius 3 is 2.20 bits per heavy atom. The number of rotatable bonds is 0. The summed E-state index contributed by atoms with van der Waals surface area (Å²) in [5.41, 5.74) is 2.30. The summed E-state index contributed by atoms with van der Waals surface area (Å²) < 4.78 is 0. The minimum absolute atomic E-state index is 0.177. The van der Waals surface area contributed by atoms with Gasteiger partial charge >= 0.3 is 0 Å². The molecule has 0 aliphatic rings. The van der Waals surface area contributed by atoms with Crippen LogP contribution in [0.3, 0.4) is 0 Å². The highest BCUT2D eigenvalue weighted by molar-refractivity contribution is 5.50. The maximum absolute atomic E-state index is 9.08. The molecular weight excluding hydrogens is 186 g/mol. The van der Waals surface area contributed by atoms with Crippen LogP contribution in [0.25, 0.3) is 0 Å². The minimum atomic E-state index is -0.177. The Morgan fingerprint density at radius 1 is 1.20 bits per heavy atom. The largest absolute Gasteiger partial charge is 0.258 e. The molecular formula is C12H13N3. The van der Waals surface area contributed by atoms with Gasteiger partial charge in [0.25, 0.3) is 0 Å². The lowest BCUT2D eigenvalue weighted by Crippen LogP contribution is -2.17. The minimum Gasteiger partial charge on any atom is -0.258 e. The first-order valence-corrected chi connectivity index (χ1v) is 4.72. The van der Waals surface area contributed by atoms with E-state index in [1.54, 1.807) is 6.92 Å². The number of nitriles is 2. The maximum Gasteiger partial charge on any atom is 0.101 e. The fourth-order valence-corrected chi connectivity index (χ4v) is 1.42. The third-order valence-corrected chi connectivity index (χ3v) is 2.28. The zero-order valence-corrected chi connectivity index (χ0v) is 9.42. The summed E-state index contributed by atoms with van der Waals surface area (Å²) in [4.78, 5) is 4.21. The van der Waals surface area contributed by atoms with Gasteiger partial charge in [-0.1, -0.05) is 20.8 Å². The lowest BCUT2D eigenvalue weighted by molar-refractivity contribution is 0.566. The first-order chi connectivity index (χ1) is 6.91. The van der Waals surface area contributed by atoms with Crippen LogP contribution >= 0.6 is 0 Å². The normalized spacial score (nSPS) is 10.5. The summed E-state index contributed by atoms with van der Waals surface area (Å²) in [6, 6.07) is 4.17. The number of aromatic nitrogens is 1. The van der Waals surface area contributed by atoms with Gasteiger partial charge in [-0.15, -0.1) is 0 Å². The molecule has 0 radical (unpaired) electrons. The number of pyridine rings is 1. The number of hydrogen-bond donors (Lipinski definition) is 0. The molecule has 0 unspecified atom stereocenters. The first-order valence-electron chi connectivity index (χ1n) is 4.72. The summed E-state index contributed by atoms with van der Waals surface area (Å²) in [6.45, 7) is 7.79. The smallest absolute Gasteiger partial charge is 0.101 e. The Morgan fingerprint density at radius 2 is 1.80 bits per heavy atom. The van der Waals surface area contributed by atoms with Gasteiger partial charge in [-0.05, 0) is 12.5 Å². The van der Waals surface area contributed by atoms with Crippen molar-refractivity contribution in [3.05, 3.63) is 28.6 Å². The summed E-state index contributed by atoms with van der Waals surface area (Å²) in [5, 5.41) is 17.9. The molecule has 1 aromatic rings. The van der Waals surface area contributed by atoms with E-state index in [0.29, 0.717) is 11.1 Å². The van der Waals surface area contributed by atoms with Crippen molar-refractivity contribution in [3.63, 3.8) is 0 Å². The van der Waals surface area contributed by atoms with E-state index in [0.717, 1.165) is 11.3 Å². The first kappa shape index (κ1) is 11.2. The molecule has 0 aromatic carbocycles. The van der Waals surface area contributed by atoms with E-state index >= 15 is 0 Å². The molecule has 0 aliphatic heterocycles. The molecule has 1 heterocycles. The van der Waals surface area contributed by atoms with Gasteiger partial charge < -0.3 is 0 Å². The van der Waals surface area contributed by atoms with Crippen LogP contribution in [0.4, 0.5) is 0 Å². The Bertz CT molecular complexity index is 467. The van der Waals surface area contributed by atoms with E-state index in [1.165, 1.54) is 6.20 Å². The number of nitrogens with zero attached hydrogens (tertiary/aromatic N) is 3. The highest BCUT2D eigenvalue weighted by Crippen LogP contribution is 2.26. The highest BCUT2D eigenvalue weighted by atomic mass is 14.7. The molecule has 0 saturated heterocycles. The van der Waals surface area contributed by atoms with Gasteiger partial charge in [-0.2, -0.15) is 10.5 Å². The average Bonchev–Trinajstić information content (AvgIpc) is 2.15. The van der Waals surface area contributed by atoms with E-state index in [4.69, 9.17) is 10.5 Å². The molecule has 0 amide bonds. The molecule has 0 aliphatic carbocycles. The van der Waals surface area contributed by atoms with Gasteiger partial charge in [0.2, 0.25) is 0 Å². The quantitative estimate of drug-likeness (QED) is 0.644. The lowest BCUT2D eigenvalue weighted by Gasteiger charge is -2.20. The topological polar surface area (TPSA) is 60.5 Å². The third kappa shape index (κ3) is 1.97. The lowest BCUT2D eigenvalue weighted by atomic mass is 9.86. The van der Waals surface area contributed by atoms with E-state index < -0.39 is 0 Å². The molecule has 0 atom stereocenters. The maximum atomic E-state index is 9.08. The second-order valence-electron chi connectivity index (χ2n) is 4.49. The van der Waals surface area contributed by atoms with E-state index in [2.05, 4.69) is 11.1 Å². The van der Waals surface area contributed by atoms with Crippen molar-refractivity contribution in [2.24, 2.45) is 0 Å². The van der Waals surface area contributed by atoms with Crippen molar-refractivity contribution in [3.8, 4) is 12.1 Å². The predicted molar refractivity (Wildman–Crippen MR) is 57.1 cm³/mol. The van der Waals surface area contributed by atoms with Crippen LogP contribution in [0.1, 0.15) is 43.2 Å². The fourth-order valence-electron chi connectivity index (χ4n) is 1.42. The second-order valence-corrected chi connectivity index (χ2v) is 4.49. The van der Waals surface area contributed by atoms with Gasteiger partial charge in [-0.25, -0.2) is 0 Å². The van der Waals surface area contributed by atoms with Crippen LogP contribution in [0.2, 0.25) is 0 Å². The zero-order chi connectivity index (χ0) is 11.6. The molecule has 3 nitrogen and oxygen atoms in total. The summed E-state index contributed by atoms with van der Waals surface area (Å²) >= 11 is 0. The molecule has 1 rings (SSSR count). The van der Waals surface area contributed by atoms with Crippen LogP contribution in [0.15, 0.2) is 6.20 Å². The number of hydrogen-bond acceptors (Lipinski definition) is 3. The van der Waals surface area contributed by atoms with Gasteiger partial charge in [0, 0.05) is 11.6 Å². The van der Waals surface area contributed by atoms with Crippen LogP contribution in [0.5, 0.6) is 0 Å². The molecule has 0 saturated carbocycles. The summed E-state index contributed by atoms with van der Waals surface area (Å²) in [5.74, 6) is 0. The molecule has 0 bridgehead atoms. The Hall–Kier alpha value is -1.87. The molecule has 1 aromatic heterocycles. The van der Waals surface area contributed by atoms with Gasteiger partial charge in [-0.3, -0.25) is 4.98 Å². The van der Waals surface area contributed by atoms with Crippen LogP contribution in [0, 0.1) is 29.6 Å². The van der Waals surface area contributed by atoms with Gasteiger partial charge in [0.05, 0.1) is 16.8 Å². The monoisotopic (exact) mass is 199 g/mol. The van der Waals surface area contributed by atoms with Crippen LogP contribution in [-0.4, -0.2) is 4.98 Å². The molecule has 0 fully saturated rings. The van der Waals surface area contributed by atoms with Gasteiger partial charge in [0.15, 0.2) is 0 Å². The van der Waals surface area contributed by atoms with Crippen LogP contribution in [-0.2, 0) is 5.41 Å². The standard InChI is InChI=1S/C12H13N3/c1-8-9(5-13)7-15-11(10(8)6-14)12(2,3)4/h7H,1-4H3. The van der Waals surface area contributed by atoms with Crippen molar-refractivity contribution >= 4 is 0 Å². The third-order valence-electron chi connectivity index (χ3n) is 2.28. The molecule has 3 heteroatoms. The van der Waals surface area contributed by atoms with E-state index in [9.17, 15) is 0 Å². The average molecular weight is 199 g/mol. The van der Waals surface area contributed by atoms with Crippen molar-refractivity contribution in [2.75, 3.05) is 0 Å². The molecule has 15 heavy (non-hydrogen) atoms. The molecule has 76 valence electrons. The second kappa shape index (κ2) is 3.71. The van der Waals surface area contributed by atoms with E-state index in [-0.39, 0.29) is 5.41 Å². The molecule has 0 spiro atoms. The van der Waals surface area contributed by atoms with Crippen molar-refractivity contribution < 1.29 is 0 Å². The summed E-state index contributed by atoms with van der Waals surface area (Å²) in [6.07, 6.45) is 1.54. The van der Waals surface area contributed by atoms with E-state index in [1.807, 2.05) is 26.8 Å².